The SMILES string of the molecule is CCCn1ccc2cc(NS(=O)(=O)c3ccc4c(c3)CC(=O)N4C)ccc21. The van der Waals surface area contributed by atoms with Crippen LogP contribution in [0, 0.1) is 0 Å². The molecule has 1 aliphatic rings. The third kappa shape index (κ3) is 3.08. The fraction of sp³-hybridized carbons (Fsp3) is 0.250. The quantitative estimate of drug-likeness (QED) is 0.734. The molecule has 2 heterocycles. The molecule has 1 N–H and O–H groups in total. The molecule has 140 valence electrons. The first-order valence-electron chi connectivity index (χ1n) is 8.90. The van der Waals surface area contributed by atoms with Gasteiger partial charge in [-0.3, -0.25) is 9.52 Å². The highest BCUT2D eigenvalue weighted by Crippen LogP contribution is 2.30. The highest BCUT2D eigenvalue weighted by atomic mass is 32.2. The van der Waals surface area contributed by atoms with Gasteiger partial charge < -0.3 is 9.47 Å². The van der Waals surface area contributed by atoms with Crippen LogP contribution < -0.4 is 9.62 Å². The van der Waals surface area contributed by atoms with Crippen LogP contribution in [-0.2, 0) is 27.8 Å². The van der Waals surface area contributed by atoms with Gasteiger partial charge in [0.2, 0.25) is 5.91 Å². The molecule has 1 aromatic heterocycles. The lowest BCUT2D eigenvalue weighted by molar-refractivity contribution is -0.117. The Bertz CT molecular complexity index is 1150. The second-order valence-electron chi connectivity index (χ2n) is 6.81. The molecular weight excluding hydrogens is 362 g/mol. The molecule has 6 nitrogen and oxygen atoms in total. The minimum atomic E-state index is -3.73. The molecule has 0 atom stereocenters. The second-order valence-corrected chi connectivity index (χ2v) is 8.49. The number of nitrogens with zero attached hydrogens (tertiary/aromatic N) is 2. The maximum Gasteiger partial charge on any atom is 0.261 e. The Kier molecular flexibility index (Phi) is 4.19. The van der Waals surface area contributed by atoms with E-state index in [1.165, 1.54) is 6.07 Å². The number of amides is 1. The van der Waals surface area contributed by atoms with Crippen LogP contribution in [0.2, 0.25) is 0 Å². The molecule has 0 fully saturated rings. The number of fused-ring (bicyclic) bond motifs is 2. The van der Waals surface area contributed by atoms with Crippen LogP contribution in [0.1, 0.15) is 18.9 Å². The molecule has 2 aromatic carbocycles. The van der Waals surface area contributed by atoms with E-state index in [4.69, 9.17) is 0 Å². The predicted octanol–water partition coefficient (Wildman–Crippen LogP) is 3.37. The van der Waals surface area contributed by atoms with Crippen LogP contribution in [-0.4, -0.2) is 25.9 Å². The van der Waals surface area contributed by atoms with Gasteiger partial charge in [-0.25, -0.2) is 8.42 Å². The number of rotatable bonds is 5. The van der Waals surface area contributed by atoms with E-state index in [2.05, 4.69) is 16.2 Å². The lowest BCUT2D eigenvalue weighted by atomic mass is 10.2. The van der Waals surface area contributed by atoms with E-state index < -0.39 is 10.0 Å². The summed E-state index contributed by atoms with van der Waals surface area (Å²) in [6.07, 6.45) is 3.28. The highest BCUT2D eigenvalue weighted by Gasteiger charge is 2.26. The Labute approximate surface area is 158 Å². The van der Waals surface area contributed by atoms with Gasteiger partial charge >= 0.3 is 0 Å². The summed E-state index contributed by atoms with van der Waals surface area (Å²) in [5.74, 6) is -0.0328. The van der Waals surface area contributed by atoms with Gasteiger partial charge in [-0.05, 0) is 54.4 Å². The minimum absolute atomic E-state index is 0.0328. The lowest BCUT2D eigenvalue weighted by Crippen LogP contribution is -2.20. The van der Waals surface area contributed by atoms with E-state index in [1.54, 1.807) is 30.1 Å². The van der Waals surface area contributed by atoms with Crippen molar-refractivity contribution in [3.63, 3.8) is 0 Å². The third-order valence-electron chi connectivity index (χ3n) is 4.93. The third-order valence-corrected chi connectivity index (χ3v) is 6.31. The average molecular weight is 383 g/mol. The molecule has 1 amide bonds. The van der Waals surface area contributed by atoms with Crippen LogP contribution in [0.5, 0.6) is 0 Å². The summed E-state index contributed by atoms with van der Waals surface area (Å²) < 4.78 is 30.4. The maximum absolute atomic E-state index is 12.8. The minimum Gasteiger partial charge on any atom is -0.347 e. The number of benzene rings is 2. The van der Waals surface area contributed by atoms with Crippen LogP contribution in [0.25, 0.3) is 10.9 Å². The average Bonchev–Trinajstić information content (AvgIpc) is 3.15. The van der Waals surface area contributed by atoms with E-state index in [-0.39, 0.29) is 17.2 Å². The molecule has 0 unspecified atom stereocenters. The van der Waals surface area contributed by atoms with Crippen molar-refractivity contribution >= 4 is 38.2 Å². The summed E-state index contributed by atoms with van der Waals surface area (Å²) in [5.41, 5.74) is 3.10. The van der Waals surface area contributed by atoms with Crippen molar-refractivity contribution in [1.29, 1.82) is 0 Å². The van der Waals surface area contributed by atoms with E-state index >= 15 is 0 Å². The molecule has 27 heavy (non-hydrogen) atoms. The monoisotopic (exact) mass is 383 g/mol. The summed E-state index contributed by atoms with van der Waals surface area (Å²) in [5, 5.41) is 0.991. The summed E-state index contributed by atoms with van der Waals surface area (Å²) in [7, 11) is -2.03. The zero-order valence-electron chi connectivity index (χ0n) is 15.3. The van der Waals surface area contributed by atoms with E-state index in [9.17, 15) is 13.2 Å². The molecule has 0 saturated carbocycles. The zero-order chi connectivity index (χ0) is 19.2. The molecule has 4 rings (SSSR count). The first kappa shape index (κ1) is 17.6. The van der Waals surface area contributed by atoms with Crippen molar-refractivity contribution in [1.82, 2.24) is 4.57 Å². The number of carbonyl (C=O) groups is 1. The van der Waals surface area contributed by atoms with Crippen molar-refractivity contribution in [2.45, 2.75) is 31.2 Å². The first-order valence-corrected chi connectivity index (χ1v) is 10.4. The van der Waals surface area contributed by atoms with Crippen molar-refractivity contribution in [3.8, 4) is 0 Å². The number of hydrogen-bond acceptors (Lipinski definition) is 3. The largest absolute Gasteiger partial charge is 0.347 e. The number of nitrogens with one attached hydrogen (secondary N) is 1. The Morgan fingerprint density at radius 3 is 2.70 bits per heavy atom. The number of sulfonamides is 1. The van der Waals surface area contributed by atoms with Gasteiger partial charge in [0.05, 0.1) is 11.3 Å². The molecule has 7 heteroatoms. The fourth-order valence-corrected chi connectivity index (χ4v) is 4.63. The molecular formula is C20H21N3O3S. The molecule has 0 radical (unpaired) electrons. The van der Waals surface area contributed by atoms with Gasteiger partial charge in [-0.2, -0.15) is 0 Å². The smallest absolute Gasteiger partial charge is 0.261 e. The molecule has 1 aliphatic heterocycles. The summed E-state index contributed by atoms with van der Waals surface area (Å²) in [6, 6.07) is 12.3. The van der Waals surface area contributed by atoms with Crippen molar-refractivity contribution < 1.29 is 13.2 Å². The zero-order valence-corrected chi connectivity index (χ0v) is 16.1. The molecule has 3 aromatic rings. The van der Waals surface area contributed by atoms with Gasteiger partial charge in [0.15, 0.2) is 0 Å². The number of aromatic nitrogens is 1. The van der Waals surface area contributed by atoms with Crippen LogP contribution >= 0.6 is 0 Å². The van der Waals surface area contributed by atoms with Gasteiger partial charge in [0, 0.05) is 42.1 Å². The number of anilines is 2. The molecule has 0 bridgehead atoms. The fourth-order valence-electron chi connectivity index (χ4n) is 3.53. The first-order chi connectivity index (χ1) is 12.9. The van der Waals surface area contributed by atoms with Crippen molar-refractivity contribution in [2.75, 3.05) is 16.7 Å². The lowest BCUT2D eigenvalue weighted by Gasteiger charge is -2.12. The van der Waals surface area contributed by atoms with E-state index in [0.717, 1.165) is 35.1 Å². The Hall–Kier alpha value is -2.80. The Morgan fingerprint density at radius 2 is 1.93 bits per heavy atom. The van der Waals surface area contributed by atoms with Gasteiger partial charge in [0.1, 0.15) is 0 Å². The van der Waals surface area contributed by atoms with Crippen molar-refractivity contribution in [2.24, 2.45) is 0 Å². The Morgan fingerprint density at radius 1 is 1.11 bits per heavy atom. The van der Waals surface area contributed by atoms with Gasteiger partial charge in [-0.1, -0.05) is 6.92 Å². The van der Waals surface area contributed by atoms with E-state index in [1.807, 2.05) is 24.4 Å². The Balaban J connectivity index is 1.63. The molecule has 0 saturated heterocycles. The normalized spacial score (nSPS) is 14.0. The van der Waals surface area contributed by atoms with E-state index in [0.29, 0.717) is 5.69 Å². The number of carbonyl (C=O) groups excluding carboxylic acids is 1. The standard InChI is InChI=1S/C20H21N3O3S/c1-3-9-23-10-8-14-11-16(4-6-19(14)23)21-27(25,26)17-5-7-18-15(12-17)13-20(24)22(18)2/h4-8,10-12,21H,3,9,13H2,1-2H3. The topological polar surface area (TPSA) is 71.4 Å². The van der Waals surface area contributed by atoms with Crippen LogP contribution in [0.3, 0.4) is 0 Å². The number of aryl methyl sites for hydroxylation is 1. The second kappa shape index (κ2) is 6.42. The van der Waals surface area contributed by atoms with Gasteiger partial charge in [-0.15, -0.1) is 0 Å². The summed E-state index contributed by atoms with van der Waals surface area (Å²) in [4.78, 5) is 13.5. The van der Waals surface area contributed by atoms with Crippen LogP contribution in [0.4, 0.5) is 11.4 Å². The number of hydrogen-bond donors (Lipinski definition) is 1. The number of likely N-dealkylation sites (N-methyl/N-ethyl adjacent to an activating group) is 1. The van der Waals surface area contributed by atoms with Gasteiger partial charge in [0.25, 0.3) is 10.0 Å². The summed E-state index contributed by atoms with van der Waals surface area (Å²) in [6.45, 7) is 3.05. The van der Waals surface area contributed by atoms with Crippen LogP contribution in [0.15, 0.2) is 53.6 Å². The summed E-state index contributed by atoms with van der Waals surface area (Å²) >= 11 is 0. The molecule has 0 aliphatic carbocycles. The predicted molar refractivity (Wildman–Crippen MR) is 107 cm³/mol. The molecule has 0 spiro atoms. The van der Waals surface area contributed by atoms with Crippen molar-refractivity contribution in [3.05, 3.63) is 54.2 Å². The highest BCUT2D eigenvalue weighted by molar-refractivity contribution is 7.92. The maximum atomic E-state index is 12.8.